The first-order valence-corrected chi connectivity index (χ1v) is 6.76. The van der Waals surface area contributed by atoms with Gasteiger partial charge in [0.05, 0.1) is 11.0 Å². The van der Waals surface area contributed by atoms with Crippen LogP contribution in [0.3, 0.4) is 0 Å². The first kappa shape index (κ1) is 12.7. The second-order valence-electron chi connectivity index (χ2n) is 5.03. The van der Waals surface area contributed by atoms with Gasteiger partial charge in [0, 0.05) is 12.4 Å². The molecule has 3 heterocycles. The maximum Gasteiger partial charge on any atom is 0.284 e. The Labute approximate surface area is 124 Å². The van der Waals surface area contributed by atoms with E-state index in [1.165, 1.54) is 33.5 Å². The number of carbonyl (C=O) groups excluding carboxylic acids is 1. The monoisotopic (exact) mass is 294 g/mol. The van der Waals surface area contributed by atoms with Crippen LogP contribution in [0.25, 0.3) is 16.7 Å². The minimum absolute atomic E-state index is 0.247. The Kier molecular flexibility index (Phi) is 2.59. The van der Waals surface area contributed by atoms with Crippen molar-refractivity contribution in [1.82, 2.24) is 18.9 Å². The first-order chi connectivity index (χ1) is 10.6. The summed E-state index contributed by atoms with van der Waals surface area (Å²) in [6.45, 7) is 1.77. The van der Waals surface area contributed by atoms with E-state index < -0.39 is 0 Å². The topological polar surface area (TPSA) is 52.2 Å². The fraction of sp³-hybridized carbons (Fsp3) is 0.0625. The largest absolute Gasteiger partial charge is 0.303 e. The number of rotatable bonds is 1. The summed E-state index contributed by atoms with van der Waals surface area (Å²) in [7, 11) is 0. The van der Waals surface area contributed by atoms with Crippen molar-refractivity contribution in [2.75, 3.05) is 0 Å². The number of halogens is 1. The highest BCUT2D eigenvalue weighted by atomic mass is 19.1. The molecular formula is C16H11FN4O. The van der Waals surface area contributed by atoms with E-state index in [9.17, 15) is 9.18 Å². The number of imidazole rings is 2. The summed E-state index contributed by atoms with van der Waals surface area (Å²) in [6.07, 6.45) is 2.81. The number of para-hydroxylation sites is 2. The molecule has 6 heteroatoms. The van der Waals surface area contributed by atoms with Gasteiger partial charge in [-0.1, -0.05) is 12.1 Å². The van der Waals surface area contributed by atoms with E-state index in [0.29, 0.717) is 11.5 Å². The van der Waals surface area contributed by atoms with Crippen molar-refractivity contribution in [2.24, 2.45) is 0 Å². The van der Waals surface area contributed by atoms with Gasteiger partial charge < -0.3 is 4.40 Å². The van der Waals surface area contributed by atoms with Crippen LogP contribution >= 0.6 is 0 Å². The third kappa shape index (κ3) is 1.81. The van der Waals surface area contributed by atoms with Crippen molar-refractivity contribution in [1.29, 1.82) is 0 Å². The quantitative estimate of drug-likeness (QED) is 0.542. The number of hydrogen-bond donors (Lipinski definition) is 0. The Bertz CT molecular complexity index is 1030. The van der Waals surface area contributed by atoms with Crippen molar-refractivity contribution >= 4 is 22.6 Å². The van der Waals surface area contributed by atoms with Gasteiger partial charge in [-0.25, -0.2) is 14.4 Å². The van der Waals surface area contributed by atoms with Crippen molar-refractivity contribution in [3.8, 4) is 0 Å². The van der Waals surface area contributed by atoms with Crippen LogP contribution in [0.2, 0.25) is 0 Å². The summed E-state index contributed by atoms with van der Waals surface area (Å²) in [4.78, 5) is 21.4. The van der Waals surface area contributed by atoms with Gasteiger partial charge in [0.15, 0.2) is 0 Å². The Hall–Kier alpha value is -3.02. The molecular weight excluding hydrogens is 283 g/mol. The van der Waals surface area contributed by atoms with Gasteiger partial charge in [0.25, 0.3) is 5.91 Å². The lowest BCUT2D eigenvalue weighted by Gasteiger charge is -2.02. The molecule has 0 saturated carbocycles. The number of aromatic nitrogens is 4. The van der Waals surface area contributed by atoms with Crippen molar-refractivity contribution in [3.05, 3.63) is 66.1 Å². The highest BCUT2D eigenvalue weighted by molar-refractivity contribution is 6.00. The fourth-order valence-corrected chi connectivity index (χ4v) is 2.59. The Morgan fingerprint density at radius 2 is 1.91 bits per heavy atom. The van der Waals surface area contributed by atoms with Crippen molar-refractivity contribution < 1.29 is 9.18 Å². The predicted molar refractivity (Wildman–Crippen MR) is 79.3 cm³/mol. The lowest BCUT2D eigenvalue weighted by molar-refractivity contribution is 0.0958. The summed E-state index contributed by atoms with van der Waals surface area (Å²) in [5.41, 5.74) is 2.25. The molecule has 0 fully saturated rings. The van der Waals surface area contributed by atoms with E-state index in [4.69, 9.17) is 0 Å². The normalized spacial score (nSPS) is 11.4. The van der Waals surface area contributed by atoms with E-state index in [-0.39, 0.29) is 17.4 Å². The molecule has 0 radical (unpaired) electrons. The second kappa shape index (κ2) is 4.49. The molecule has 0 atom stereocenters. The summed E-state index contributed by atoms with van der Waals surface area (Å²) in [5, 5.41) is 0. The maximum absolute atomic E-state index is 13.2. The van der Waals surface area contributed by atoms with Crippen LogP contribution in [0.5, 0.6) is 0 Å². The van der Waals surface area contributed by atoms with Crippen molar-refractivity contribution in [2.45, 2.75) is 6.92 Å². The lowest BCUT2D eigenvalue weighted by Crippen LogP contribution is -2.13. The van der Waals surface area contributed by atoms with Gasteiger partial charge in [-0.3, -0.25) is 9.36 Å². The van der Waals surface area contributed by atoms with E-state index >= 15 is 0 Å². The molecule has 22 heavy (non-hydrogen) atoms. The average molecular weight is 294 g/mol. The molecule has 4 rings (SSSR count). The summed E-state index contributed by atoms with van der Waals surface area (Å²) < 4.78 is 16.3. The summed E-state index contributed by atoms with van der Waals surface area (Å²) >= 11 is 0. The highest BCUT2D eigenvalue weighted by Crippen LogP contribution is 2.17. The van der Waals surface area contributed by atoms with Crippen LogP contribution in [-0.2, 0) is 0 Å². The minimum atomic E-state index is -0.381. The summed E-state index contributed by atoms with van der Waals surface area (Å²) in [6, 6.07) is 10.3. The molecule has 0 bridgehead atoms. The van der Waals surface area contributed by atoms with Crippen LogP contribution in [0, 0.1) is 12.7 Å². The summed E-state index contributed by atoms with van der Waals surface area (Å²) in [5.74, 6) is -0.0714. The van der Waals surface area contributed by atoms with Gasteiger partial charge in [-0.2, -0.15) is 0 Å². The molecule has 1 aromatic carbocycles. The zero-order valence-electron chi connectivity index (χ0n) is 11.7. The molecule has 108 valence electrons. The molecule has 0 aliphatic rings. The molecule has 5 nitrogen and oxygen atoms in total. The van der Waals surface area contributed by atoms with Crippen LogP contribution < -0.4 is 0 Å². The minimum Gasteiger partial charge on any atom is -0.303 e. The van der Waals surface area contributed by atoms with Crippen LogP contribution in [0.1, 0.15) is 16.3 Å². The smallest absolute Gasteiger partial charge is 0.284 e. The Morgan fingerprint density at radius 3 is 2.77 bits per heavy atom. The van der Waals surface area contributed by atoms with E-state index in [2.05, 4.69) is 9.97 Å². The van der Waals surface area contributed by atoms with Crippen LogP contribution in [0.4, 0.5) is 4.39 Å². The maximum atomic E-state index is 13.2. The standard InChI is InChI=1S/C16H11FN4O/c1-10-18-12-4-2-3-5-14(12)21(10)16(22)13-9-20-8-11(17)6-7-15(20)19-13/h2-9H,1H3. The van der Waals surface area contributed by atoms with Gasteiger partial charge in [-0.15, -0.1) is 0 Å². The third-order valence-corrected chi connectivity index (χ3v) is 3.57. The molecule has 0 amide bonds. The van der Waals surface area contributed by atoms with E-state index in [1.807, 2.05) is 24.3 Å². The molecule has 0 aliphatic carbocycles. The second-order valence-corrected chi connectivity index (χ2v) is 5.03. The molecule has 0 unspecified atom stereocenters. The number of pyridine rings is 1. The molecule has 0 saturated heterocycles. The number of fused-ring (bicyclic) bond motifs is 2. The molecule has 0 aliphatic heterocycles. The zero-order valence-corrected chi connectivity index (χ0v) is 11.7. The number of benzene rings is 1. The van der Waals surface area contributed by atoms with Crippen molar-refractivity contribution in [3.63, 3.8) is 0 Å². The van der Waals surface area contributed by atoms with Crippen LogP contribution in [0.15, 0.2) is 48.8 Å². The van der Waals surface area contributed by atoms with E-state index in [0.717, 1.165) is 11.0 Å². The lowest BCUT2D eigenvalue weighted by atomic mass is 10.3. The Morgan fingerprint density at radius 1 is 1.09 bits per heavy atom. The molecule has 4 aromatic rings. The molecule has 3 aromatic heterocycles. The number of aryl methyl sites for hydroxylation is 1. The number of carbonyl (C=O) groups is 1. The van der Waals surface area contributed by atoms with Gasteiger partial charge in [0.1, 0.15) is 23.0 Å². The van der Waals surface area contributed by atoms with Gasteiger partial charge in [-0.05, 0) is 31.2 Å². The highest BCUT2D eigenvalue weighted by Gasteiger charge is 2.18. The SMILES string of the molecule is Cc1nc2ccccc2n1C(=O)c1cn2cc(F)ccc2n1. The van der Waals surface area contributed by atoms with Crippen LogP contribution in [-0.4, -0.2) is 24.8 Å². The third-order valence-electron chi connectivity index (χ3n) is 3.57. The first-order valence-electron chi connectivity index (χ1n) is 6.76. The predicted octanol–water partition coefficient (Wildman–Crippen LogP) is 2.82. The average Bonchev–Trinajstić information content (AvgIpc) is 3.06. The zero-order chi connectivity index (χ0) is 15.3. The number of hydrogen-bond acceptors (Lipinski definition) is 3. The molecule has 0 spiro atoms. The fourth-order valence-electron chi connectivity index (χ4n) is 2.59. The number of nitrogens with zero attached hydrogens (tertiary/aromatic N) is 4. The van der Waals surface area contributed by atoms with E-state index in [1.54, 1.807) is 6.92 Å². The Balaban J connectivity index is 1.90. The van der Waals surface area contributed by atoms with Gasteiger partial charge in [0.2, 0.25) is 0 Å². The molecule has 0 N–H and O–H groups in total. The van der Waals surface area contributed by atoms with Gasteiger partial charge >= 0.3 is 0 Å².